The van der Waals surface area contributed by atoms with Gasteiger partial charge in [-0.05, 0) is 17.7 Å². The Hall–Kier alpha value is -2.53. The van der Waals surface area contributed by atoms with Gasteiger partial charge < -0.3 is 19.5 Å². The highest BCUT2D eigenvalue weighted by molar-refractivity contribution is 5.77. The maximum atomic E-state index is 12.4. The van der Waals surface area contributed by atoms with Crippen LogP contribution in [0.2, 0.25) is 0 Å². The average Bonchev–Trinajstić information content (AvgIpc) is 2.60. The lowest BCUT2D eigenvalue weighted by molar-refractivity contribution is -0.134. The number of carbonyl (C=O) groups excluding carboxylic acids is 1. The Balaban J connectivity index is 1.98. The Morgan fingerprint density at radius 2 is 1.70 bits per heavy atom. The van der Waals surface area contributed by atoms with Crippen LogP contribution in [0.3, 0.4) is 0 Å². The number of hydrogen-bond acceptors (Lipinski definition) is 4. The summed E-state index contributed by atoms with van der Waals surface area (Å²) in [5.74, 6) is 0.915. The lowest BCUT2D eigenvalue weighted by Gasteiger charge is -2.22. The number of aliphatic hydroxyl groups is 1. The number of rotatable bonds is 8. The summed E-state index contributed by atoms with van der Waals surface area (Å²) >= 11 is 0. The van der Waals surface area contributed by atoms with Gasteiger partial charge in [-0.1, -0.05) is 42.5 Å². The predicted octanol–water partition coefficient (Wildman–Crippen LogP) is 2.10. The summed E-state index contributed by atoms with van der Waals surface area (Å²) in [5, 5.41) is 9.18. The smallest absolute Gasteiger partial charge is 0.260 e. The fraction of sp³-hybridized carbons (Fsp3) is 0.278. The molecular formula is C18H21NO4. The number of carbonyl (C=O) groups is 1. The first-order valence-corrected chi connectivity index (χ1v) is 7.43. The predicted molar refractivity (Wildman–Crippen MR) is 87.4 cm³/mol. The zero-order chi connectivity index (χ0) is 16.5. The highest BCUT2D eigenvalue weighted by Gasteiger charge is 2.15. The molecule has 0 unspecified atom stereocenters. The number of aliphatic hydroxyl groups excluding tert-OH is 1. The lowest BCUT2D eigenvalue weighted by atomic mass is 10.2. The first-order chi connectivity index (χ1) is 11.2. The van der Waals surface area contributed by atoms with Gasteiger partial charge in [0.2, 0.25) is 0 Å². The zero-order valence-corrected chi connectivity index (χ0v) is 13.1. The largest absolute Gasteiger partial charge is 0.493 e. The van der Waals surface area contributed by atoms with Crippen LogP contribution in [0, 0.1) is 0 Å². The van der Waals surface area contributed by atoms with E-state index in [4.69, 9.17) is 9.47 Å². The number of amides is 1. The molecule has 0 radical (unpaired) electrons. The highest BCUT2D eigenvalue weighted by atomic mass is 16.5. The molecule has 0 saturated heterocycles. The molecule has 0 aromatic heterocycles. The Labute approximate surface area is 136 Å². The maximum absolute atomic E-state index is 12.4. The first kappa shape index (κ1) is 16.8. The van der Waals surface area contributed by atoms with Crippen molar-refractivity contribution >= 4 is 5.91 Å². The summed E-state index contributed by atoms with van der Waals surface area (Å²) in [6, 6.07) is 16.8. The van der Waals surface area contributed by atoms with Gasteiger partial charge in [0.25, 0.3) is 5.91 Å². The molecule has 0 bridgehead atoms. The van der Waals surface area contributed by atoms with Crippen molar-refractivity contribution in [2.75, 3.05) is 26.9 Å². The minimum Gasteiger partial charge on any atom is -0.493 e. The molecule has 1 amide bonds. The average molecular weight is 315 g/mol. The van der Waals surface area contributed by atoms with E-state index < -0.39 is 0 Å². The summed E-state index contributed by atoms with van der Waals surface area (Å²) in [6.45, 7) is 0.513. The molecule has 2 aromatic rings. The molecule has 23 heavy (non-hydrogen) atoms. The summed E-state index contributed by atoms with van der Waals surface area (Å²) < 4.78 is 10.7. The molecule has 0 spiro atoms. The van der Waals surface area contributed by atoms with E-state index in [1.807, 2.05) is 42.5 Å². The number of para-hydroxylation sites is 2. The molecule has 0 atom stereocenters. The lowest BCUT2D eigenvalue weighted by Crippen LogP contribution is -2.36. The van der Waals surface area contributed by atoms with E-state index in [0.717, 1.165) is 5.56 Å². The van der Waals surface area contributed by atoms with E-state index >= 15 is 0 Å². The van der Waals surface area contributed by atoms with Crippen molar-refractivity contribution < 1.29 is 19.4 Å². The number of nitrogens with zero attached hydrogens (tertiary/aromatic N) is 1. The molecule has 122 valence electrons. The van der Waals surface area contributed by atoms with Crippen LogP contribution in [0.25, 0.3) is 0 Å². The fourth-order valence-electron chi connectivity index (χ4n) is 2.19. The highest BCUT2D eigenvalue weighted by Crippen LogP contribution is 2.25. The van der Waals surface area contributed by atoms with Crippen LogP contribution < -0.4 is 9.47 Å². The summed E-state index contributed by atoms with van der Waals surface area (Å²) in [7, 11) is 1.55. The van der Waals surface area contributed by atoms with Gasteiger partial charge >= 0.3 is 0 Å². The second kappa shape index (κ2) is 8.80. The quantitative estimate of drug-likeness (QED) is 0.810. The first-order valence-electron chi connectivity index (χ1n) is 7.43. The van der Waals surface area contributed by atoms with Crippen molar-refractivity contribution in [1.82, 2.24) is 4.90 Å². The van der Waals surface area contributed by atoms with Gasteiger partial charge in [0.1, 0.15) is 0 Å². The normalized spacial score (nSPS) is 10.2. The van der Waals surface area contributed by atoms with E-state index in [0.29, 0.717) is 18.0 Å². The number of methoxy groups -OCH3 is 1. The van der Waals surface area contributed by atoms with Crippen LogP contribution in [-0.4, -0.2) is 42.8 Å². The summed E-state index contributed by atoms with van der Waals surface area (Å²) in [6.07, 6.45) is 0. The number of hydrogen-bond donors (Lipinski definition) is 1. The third-order valence-electron chi connectivity index (χ3n) is 3.36. The summed E-state index contributed by atoms with van der Waals surface area (Å²) in [4.78, 5) is 13.9. The third kappa shape index (κ3) is 5.00. The summed E-state index contributed by atoms with van der Waals surface area (Å²) in [5.41, 5.74) is 1.01. The van der Waals surface area contributed by atoms with Crippen LogP contribution in [0.5, 0.6) is 11.5 Å². The SMILES string of the molecule is COc1ccccc1OCC(=O)N(CCO)Cc1ccccc1. The fourth-order valence-corrected chi connectivity index (χ4v) is 2.19. The van der Waals surface area contributed by atoms with Crippen molar-refractivity contribution in [2.45, 2.75) is 6.54 Å². The molecule has 0 fully saturated rings. The Bertz CT molecular complexity index is 615. The molecule has 0 saturated carbocycles. The Morgan fingerprint density at radius 1 is 1.04 bits per heavy atom. The molecule has 5 heteroatoms. The molecule has 2 aromatic carbocycles. The second-order valence-electron chi connectivity index (χ2n) is 4.96. The van der Waals surface area contributed by atoms with Gasteiger partial charge in [0.05, 0.1) is 13.7 Å². The van der Waals surface area contributed by atoms with Gasteiger partial charge in [-0.3, -0.25) is 4.79 Å². The molecule has 0 aliphatic carbocycles. The van der Waals surface area contributed by atoms with Gasteiger partial charge in [-0.2, -0.15) is 0 Å². The van der Waals surface area contributed by atoms with Crippen LogP contribution in [0.4, 0.5) is 0 Å². The van der Waals surface area contributed by atoms with Crippen LogP contribution >= 0.6 is 0 Å². The van der Waals surface area contributed by atoms with Crippen LogP contribution in [-0.2, 0) is 11.3 Å². The molecule has 0 heterocycles. The van der Waals surface area contributed by atoms with Crippen molar-refractivity contribution in [3.8, 4) is 11.5 Å². The zero-order valence-electron chi connectivity index (χ0n) is 13.1. The minimum absolute atomic E-state index is 0.0900. The topological polar surface area (TPSA) is 59.0 Å². The van der Waals surface area contributed by atoms with E-state index in [-0.39, 0.29) is 25.7 Å². The molecule has 1 N–H and O–H groups in total. The van der Waals surface area contributed by atoms with Gasteiger partial charge in [0.15, 0.2) is 18.1 Å². The van der Waals surface area contributed by atoms with Crippen molar-refractivity contribution in [3.63, 3.8) is 0 Å². The van der Waals surface area contributed by atoms with E-state index in [1.54, 1.807) is 24.1 Å². The third-order valence-corrected chi connectivity index (χ3v) is 3.36. The standard InChI is InChI=1S/C18H21NO4/c1-22-16-9-5-6-10-17(16)23-14-18(21)19(11-12-20)13-15-7-3-2-4-8-15/h2-10,20H,11-14H2,1H3. The van der Waals surface area contributed by atoms with Crippen LogP contribution in [0.1, 0.15) is 5.56 Å². The molecule has 0 aliphatic heterocycles. The minimum atomic E-state index is -0.186. The van der Waals surface area contributed by atoms with E-state index in [1.165, 1.54) is 0 Å². The van der Waals surface area contributed by atoms with Crippen LogP contribution in [0.15, 0.2) is 54.6 Å². The molecule has 5 nitrogen and oxygen atoms in total. The van der Waals surface area contributed by atoms with E-state index in [9.17, 15) is 9.90 Å². The van der Waals surface area contributed by atoms with Gasteiger partial charge in [0, 0.05) is 13.1 Å². The van der Waals surface area contributed by atoms with Gasteiger partial charge in [-0.25, -0.2) is 0 Å². The second-order valence-corrected chi connectivity index (χ2v) is 4.96. The monoisotopic (exact) mass is 315 g/mol. The molecule has 0 aliphatic rings. The van der Waals surface area contributed by atoms with Gasteiger partial charge in [-0.15, -0.1) is 0 Å². The number of benzene rings is 2. The Kier molecular flexibility index (Phi) is 6.44. The van der Waals surface area contributed by atoms with Crippen molar-refractivity contribution in [2.24, 2.45) is 0 Å². The van der Waals surface area contributed by atoms with E-state index in [2.05, 4.69) is 0 Å². The molecular weight excluding hydrogens is 294 g/mol. The molecule has 2 rings (SSSR count). The Morgan fingerprint density at radius 3 is 2.35 bits per heavy atom. The maximum Gasteiger partial charge on any atom is 0.260 e. The van der Waals surface area contributed by atoms with Crippen molar-refractivity contribution in [3.05, 3.63) is 60.2 Å². The number of ether oxygens (including phenoxy) is 2. The van der Waals surface area contributed by atoms with Crippen molar-refractivity contribution in [1.29, 1.82) is 0 Å².